The summed E-state index contributed by atoms with van der Waals surface area (Å²) < 4.78 is 34.6. The fourth-order valence-electron chi connectivity index (χ4n) is 2.41. The van der Waals surface area contributed by atoms with E-state index in [0.29, 0.717) is 37.4 Å². The summed E-state index contributed by atoms with van der Waals surface area (Å²) in [6.07, 6.45) is 0.691. The largest absolute Gasteiger partial charge is 0.434 e. The highest BCUT2D eigenvalue weighted by Gasteiger charge is 2.16. The molecule has 8 heteroatoms. The van der Waals surface area contributed by atoms with Gasteiger partial charge in [0.15, 0.2) is 0 Å². The maximum absolute atomic E-state index is 12.5. The van der Waals surface area contributed by atoms with Gasteiger partial charge in [-0.3, -0.25) is 9.59 Å². The third kappa shape index (κ3) is 6.62. The second-order valence-electron chi connectivity index (χ2n) is 5.72. The molecule has 0 heterocycles. The molecule has 0 spiro atoms. The van der Waals surface area contributed by atoms with Crippen LogP contribution in [0, 0.1) is 0 Å². The average Bonchev–Trinajstić information content (AvgIpc) is 2.67. The Labute approximate surface area is 161 Å². The third-order valence-corrected chi connectivity index (χ3v) is 3.69. The first kappa shape index (κ1) is 21.3. The lowest BCUT2D eigenvalue weighted by Crippen LogP contribution is -2.25. The quantitative estimate of drug-likeness (QED) is 0.605. The Hall–Kier alpha value is -3.00. The summed E-state index contributed by atoms with van der Waals surface area (Å²) in [5.41, 5.74) is 0.693. The van der Waals surface area contributed by atoms with Gasteiger partial charge in [0.25, 0.3) is 11.8 Å². The van der Waals surface area contributed by atoms with E-state index in [-0.39, 0.29) is 17.2 Å². The predicted molar refractivity (Wildman–Crippen MR) is 101 cm³/mol. The number of amides is 2. The molecule has 6 nitrogen and oxygen atoms in total. The highest BCUT2D eigenvalue weighted by Crippen LogP contribution is 2.22. The van der Waals surface area contributed by atoms with Crippen molar-refractivity contribution >= 4 is 17.5 Å². The molecule has 0 atom stereocenters. The highest BCUT2D eigenvalue weighted by atomic mass is 19.3. The van der Waals surface area contributed by atoms with Crippen molar-refractivity contribution in [3.8, 4) is 5.75 Å². The van der Waals surface area contributed by atoms with Crippen molar-refractivity contribution in [3.05, 3.63) is 59.7 Å². The fraction of sp³-hybridized carbons (Fsp3) is 0.300. The fourth-order valence-corrected chi connectivity index (χ4v) is 2.41. The van der Waals surface area contributed by atoms with Gasteiger partial charge in [-0.2, -0.15) is 8.78 Å². The van der Waals surface area contributed by atoms with Gasteiger partial charge in [-0.25, -0.2) is 0 Å². The molecule has 2 rings (SSSR count). The van der Waals surface area contributed by atoms with E-state index in [1.807, 2.05) is 6.92 Å². The van der Waals surface area contributed by atoms with Crippen LogP contribution in [0.4, 0.5) is 14.5 Å². The van der Waals surface area contributed by atoms with Crippen molar-refractivity contribution in [1.29, 1.82) is 0 Å². The first-order valence-electron chi connectivity index (χ1n) is 8.82. The summed E-state index contributed by atoms with van der Waals surface area (Å²) in [7, 11) is 0. The van der Waals surface area contributed by atoms with Crippen LogP contribution in [0.2, 0.25) is 0 Å². The monoisotopic (exact) mass is 392 g/mol. The standard InChI is InChI=1S/C20H22F2N2O4/c1-2-27-12-6-11-23-18(25)14-7-5-8-15(13-14)24-19(26)16-9-3-4-10-17(16)28-20(21)22/h3-5,7-10,13,20H,2,6,11-12H2,1H3,(H,23,25)(H,24,26). The molecular formula is C20H22F2N2O4. The minimum absolute atomic E-state index is 0.0337. The van der Waals surface area contributed by atoms with Crippen molar-refractivity contribution in [3.63, 3.8) is 0 Å². The van der Waals surface area contributed by atoms with Crippen molar-refractivity contribution in [2.75, 3.05) is 25.1 Å². The van der Waals surface area contributed by atoms with E-state index in [0.717, 1.165) is 0 Å². The first-order valence-corrected chi connectivity index (χ1v) is 8.82. The lowest BCUT2D eigenvalue weighted by Gasteiger charge is -2.11. The van der Waals surface area contributed by atoms with E-state index < -0.39 is 12.5 Å². The number of hydrogen-bond acceptors (Lipinski definition) is 4. The Kier molecular flexibility index (Phi) is 8.36. The van der Waals surface area contributed by atoms with Crippen LogP contribution in [0.3, 0.4) is 0 Å². The van der Waals surface area contributed by atoms with E-state index in [9.17, 15) is 18.4 Å². The average molecular weight is 392 g/mol. The van der Waals surface area contributed by atoms with Crippen LogP contribution in [-0.2, 0) is 4.74 Å². The first-order chi connectivity index (χ1) is 13.5. The van der Waals surface area contributed by atoms with Gasteiger partial charge in [0, 0.05) is 31.0 Å². The van der Waals surface area contributed by atoms with Crippen LogP contribution in [0.5, 0.6) is 5.75 Å². The third-order valence-electron chi connectivity index (χ3n) is 3.69. The Morgan fingerprint density at radius 2 is 1.86 bits per heavy atom. The van der Waals surface area contributed by atoms with E-state index >= 15 is 0 Å². The molecule has 0 aliphatic carbocycles. The topological polar surface area (TPSA) is 76.7 Å². The molecule has 0 fully saturated rings. The number of ether oxygens (including phenoxy) is 2. The molecule has 0 unspecified atom stereocenters. The maximum Gasteiger partial charge on any atom is 0.387 e. The minimum Gasteiger partial charge on any atom is -0.434 e. The van der Waals surface area contributed by atoms with Gasteiger partial charge in [0.05, 0.1) is 5.56 Å². The second-order valence-corrected chi connectivity index (χ2v) is 5.72. The van der Waals surface area contributed by atoms with Gasteiger partial charge >= 0.3 is 6.61 Å². The van der Waals surface area contributed by atoms with Gasteiger partial charge in [0.1, 0.15) is 5.75 Å². The highest BCUT2D eigenvalue weighted by molar-refractivity contribution is 6.06. The normalized spacial score (nSPS) is 10.6. The molecule has 2 aromatic carbocycles. The van der Waals surface area contributed by atoms with Gasteiger partial charge in [0.2, 0.25) is 0 Å². The summed E-state index contributed by atoms with van der Waals surface area (Å²) in [6, 6.07) is 12.0. The summed E-state index contributed by atoms with van der Waals surface area (Å²) in [4.78, 5) is 24.6. The molecule has 0 aromatic heterocycles. The van der Waals surface area contributed by atoms with Crippen LogP contribution < -0.4 is 15.4 Å². The van der Waals surface area contributed by atoms with Crippen LogP contribution in [-0.4, -0.2) is 38.2 Å². The Morgan fingerprint density at radius 1 is 1.07 bits per heavy atom. The maximum atomic E-state index is 12.5. The summed E-state index contributed by atoms with van der Waals surface area (Å²) >= 11 is 0. The van der Waals surface area contributed by atoms with Crippen molar-refractivity contribution < 1.29 is 27.8 Å². The van der Waals surface area contributed by atoms with Gasteiger partial charge in [-0.05, 0) is 43.7 Å². The van der Waals surface area contributed by atoms with Gasteiger partial charge < -0.3 is 20.1 Å². The number of halogens is 2. The van der Waals surface area contributed by atoms with E-state index in [1.54, 1.807) is 24.3 Å². The number of anilines is 1. The zero-order valence-corrected chi connectivity index (χ0v) is 15.4. The molecule has 2 N–H and O–H groups in total. The Morgan fingerprint density at radius 3 is 2.61 bits per heavy atom. The number of hydrogen-bond donors (Lipinski definition) is 2. The molecule has 0 radical (unpaired) electrons. The number of nitrogens with one attached hydrogen (secondary N) is 2. The summed E-state index contributed by atoms with van der Waals surface area (Å²) in [5.74, 6) is -1.13. The molecule has 0 saturated heterocycles. The SMILES string of the molecule is CCOCCCNC(=O)c1cccc(NC(=O)c2ccccc2OC(F)F)c1. The molecular weight excluding hydrogens is 370 g/mol. The lowest BCUT2D eigenvalue weighted by molar-refractivity contribution is -0.0501. The number of rotatable bonds is 10. The molecule has 0 saturated carbocycles. The van der Waals surface area contributed by atoms with E-state index in [2.05, 4.69) is 15.4 Å². The number of carbonyl (C=O) groups excluding carboxylic acids is 2. The van der Waals surface area contributed by atoms with Gasteiger partial charge in [-0.15, -0.1) is 0 Å². The summed E-state index contributed by atoms with van der Waals surface area (Å²) in [5, 5.41) is 5.35. The molecule has 150 valence electrons. The molecule has 2 amide bonds. The number of carbonyl (C=O) groups is 2. The smallest absolute Gasteiger partial charge is 0.387 e. The Bertz CT molecular complexity index is 799. The van der Waals surface area contributed by atoms with Crippen molar-refractivity contribution in [2.24, 2.45) is 0 Å². The number of alkyl halides is 2. The van der Waals surface area contributed by atoms with Crippen molar-refractivity contribution in [2.45, 2.75) is 20.0 Å². The zero-order chi connectivity index (χ0) is 20.4. The molecule has 28 heavy (non-hydrogen) atoms. The van der Waals surface area contributed by atoms with Crippen LogP contribution in [0.15, 0.2) is 48.5 Å². The van der Waals surface area contributed by atoms with Crippen LogP contribution >= 0.6 is 0 Å². The number of para-hydroxylation sites is 1. The van der Waals surface area contributed by atoms with E-state index in [1.165, 1.54) is 24.3 Å². The molecule has 2 aromatic rings. The van der Waals surface area contributed by atoms with Crippen molar-refractivity contribution in [1.82, 2.24) is 5.32 Å². The Balaban J connectivity index is 2.01. The lowest BCUT2D eigenvalue weighted by atomic mass is 10.1. The predicted octanol–water partition coefficient (Wildman–Crippen LogP) is 3.70. The molecule has 0 aliphatic heterocycles. The van der Waals surface area contributed by atoms with Crippen LogP contribution in [0.25, 0.3) is 0 Å². The van der Waals surface area contributed by atoms with E-state index in [4.69, 9.17) is 4.74 Å². The zero-order valence-electron chi connectivity index (χ0n) is 15.4. The number of benzene rings is 2. The molecule has 0 bridgehead atoms. The second kappa shape index (κ2) is 11.0. The molecule has 0 aliphatic rings. The summed E-state index contributed by atoms with van der Waals surface area (Å²) in [6.45, 7) is 0.516. The van der Waals surface area contributed by atoms with Gasteiger partial charge in [-0.1, -0.05) is 18.2 Å². The van der Waals surface area contributed by atoms with Crippen LogP contribution in [0.1, 0.15) is 34.1 Å². The minimum atomic E-state index is -3.04.